The van der Waals surface area contributed by atoms with E-state index in [1.807, 2.05) is 0 Å². The van der Waals surface area contributed by atoms with Crippen LogP contribution in [0, 0.1) is 5.92 Å². The molecule has 0 atom stereocenters. The van der Waals surface area contributed by atoms with Gasteiger partial charge in [0.15, 0.2) is 0 Å². The highest BCUT2D eigenvalue weighted by atomic mass is 16.5. The average Bonchev–Trinajstić information content (AvgIpc) is 2.62. The normalized spacial score (nSPS) is 27.4. The van der Waals surface area contributed by atoms with Crippen LogP contribution >= 0.6 is 0 Å². The number of nitrogens with zero attached hydrogens (tertiary/aromatic N) is 2. The lowest BCUT2D eigenvalue weighted by Crippen LogP contribution is -2.69. The summed E-state index contributed by atoms with van der Waals surface area (Å²) in [5, 5.41) is 0. The number of piperidine rings is 3. The van der Waals surface area contributed by atoms with Crippen LogP contribution in [0.2, 0.25) is 0 Å². The third-order valence-corrected chi connectivity index (χ3v) is 5.77. The molecule has 3 aliphatic rings. The highest BCUT2D eigenvalue weighted by molar-refractivity contribution is 6.84. The third-order valence-electron chi connectivity index (χ3n) is 5.77. The van der Waals surface area contributed by atoms with Gasteiger partial charge in [-0.3, -0.25) is 4.99 Å². The van der Waals surface area contributed by atoms with Gasteiger partial charge >= 0.3 is 0 Å². The maximum atomic E-state index is 6.05. The van der Waals surface area contributed by atoms with Crippen molar-refractivity contribution in [1.82, 2.24) is 0 Å². The monoisotopic (exact) mass is 313 g/mol. The van der Waals surface area contributed by atoms with Gasteiger partial charge in [-0.1, -0.05) is 35.9 Å². The first-order valence-electron chi connectivity index (χ1n) is 9.34. The molecule has 1 aromatic carbocycles. The molecule has 0 amide bonds. The summed E-state index contributed by atoms with van der Waals surface area (Å²) in [6.45, 7) is 10.0. The quantitative estimate of drug-likeness (QED) is 0.448. The summed E-state index contributed by atoms with van der Waals surface area (Å²) in [7, 11) is 0. The molecule has 3 aliphatic heterocycles. The summed E-state index contributed by atoms with van der Waals surface area (Å²) in [5.74, 6) is 1.98. The fraction of sp³-hybridized carbons (Fsp3) is 0.632. The number of aliphatic imine (C=N–C) groups is 1. The van der Waals surface area contributed by atoms with Crippen LogP contribution in [0.15, 0.2) is 35.3 Å². The van der Waals surface area contributed by atoms with E-state index in [2.05, 4.69) is 44.2 Å². The summed E-state index contributed by atoms with van der Waals surface area (Å²) < 4.78 is 7.25. The third kappa shape index (κ3) is 3.63. The zero-order valence-corrected chi connectivity index (χ0v) is 14.7. The zero-order chi connectivity index (χ0) is 16.1. The van der Waals surface area contributed by atoms with Crippen LogP contribution in [-0.4, -0.2) is 49.8 Å². The Kier molecular flexibility index (Phi) is 5.42. The smallest absolute Gasteiger partial charge is 0.229 e. The van der Waals surface area contributed by atoms with Crippen LogP contribution in [-0.2, 0) is 11.1 Å². The molecule has 1 aromatic rings. The van der Waals surface area contributed by atoms with Gasteiger partial charge in [0.25, 0.3) is 0 Å². The molecule has 0 aliphatic carbocycles. The van der Waals surface area contributed by atoms with Gasteiger partial charge < -0.3 is 9.13 Å². The van der Waals surface area contributed by atoms with Gasteiger partial charge in [0.1, 0.15) is 0 Å². The summed E-state index contributed by atoms with van der Waals surface area (Å²) in [5.41, 5.74) is 1.40. The first-order valence-corrected chi connectivity index (χ1v) is 9.34. The molecule has 3 heterocycles. The second-order valence-electron chi connectivity index (χ2n) is 7.07. The minimum absolute atomic E-state index is 0.388. The van der Waals surface area contributed by atoms with Crippen molar-refractivity contribution in [2.75, 3.05) is 32.8 Å². The lowest BCUT2D eigenvalue weighted by Gasteiger charge is -2.61. The number of ether oxygens (including phenoxy) is 1. The molecule has 1 radical (unpaired) electrons. The highest BCUT2D eigenvalue weighted by Crippen LogP contribution is 2.35. The van der Waals surface area contributed by atoms with E-state index in [4.69, 9.17) is 9.73 Å². The molecule has 0 aromatic heterocycles. The molecule has 0 spiro atoms. The van der Waals surface area contributed by atoms with E-state index in [1.54, 1.807) is 0 Å². The van der Waals surface area contributed by atoms with Gasteiger partial charge in [-0.2, -0.15) is 0 Å². The summed E-state index contributed by atoms with van der Waals surface area (Å²) in [6, 6.07) is 10.9. The van der Waals surface area contributed by atoms with Gasteiger partial charge in [-0.25, -0.2) is 0 Å². The van der Waals surface area contributed by atoms with E-state index in [0.717, 1.165) is 24.6 Å². The Morgan fingerprint density at radius 2 is 1.78 bits per heavy atom. The lowest BCUT2D eigenvalue weighted by atomic mass is 9.50. The number of fused-ring (bicyclic) bond motifs is 3. The number of hydrogen-bond acceptors (Lipinski definition) is 2. The van der Waals surface area contributed by atoms with E-state index < -0.39 is 0 Å². The van der Waals surface area contributed by atoms with E-state index in [-0.39, 0.29) is 0 Å². The van der Waals surface area contributed by atoms with Crippen molar-refractivity contribution >= 4 is 12.6 Å². The van der Waals surface area contributed by atoms with Crippen molar-refractivity contribution in [3.8, 4) is 0 Å². The Morgan fingerprint density at radius 3 is 2.35 bits per heavy atom. The molecule has 0 unspecified atom stereocenters. The Hall–Kier alpha value is -1.29. The second kappa shape index (κ2) is 7.52. The summed E-state index contributed by atoms with van der Waals surface area (Å²) in [6.07, 6.45) is 5.20. The standard InChI is InChI=1S/C19H30BN2O/c1-3-21-19(23-4-2)20(16-18-8-6-5-7-9-18)22-13-10-17(11-14-22)12-15-22/h5-9,17H,3-4,10-16H2,1-2H3. The predicted molar refractivity (Wildman–Crippen MR) is 97.7 cm³/mol. The van der Waals surface area contributed by atoms with E-state index in [1.165, 1.54) is 48.9 Å². The van der Waals surface area contributed by atoms with Gasteiger partial charge in [0.05, 0.1) is 12.4 Å². The molecule has 3 fully saturated rings. The molecule has 23 heavy (non-hydrogen) atoms. The molecule has 0 saturated carbocycles. The SMILES string of the molecule is CCN=C(OCC)[B-](Cc1ccccc1)[N+]12CCC(CC1)CC2. The maximum Gasteiger partial charge on any atom is 0.229 e. The van der Waals surface area contributed by atoms with Crippen LogP contribution in [0.5, 0.6) is 0 Å². The first kappa shape index (κ1) is 16.6. The fourth-order valence-electron chi connectivity index (χ4n) is 4.46. The number of rotatable bonds is 6. The first-order chi connectivity index (χ1) is 11.3. The van der Waals surface area contributed by atoms with Crippen molar-refractivity contribution < 1.29 is 9.13 Å². The Balaban J connectivity index is 1.90. The summed E-state index contributed by atoms with van der Waals surface area (Å²) >= 11 is 0. The minimum Gasteiger partial charge on any atom is -0.529 e. The van der Waals surface area contributed by atoms with Gasteiger partial charge in [0.2, 0.25) is 6.85 Å². The van der Waals surface area contributed by atoms with Gasteiger partial charge in [0, 0.05) is 26.2 Å². The Bertz CT molecular complexity index is 510. The lowest BCUT2D eigenvalue weighted by molar-refractivity contribution is -0.844. The Morgan fingerprint density at radius 1 is 1.13 bits per heavy atom. The highest BCUT2D eigenvalue weighted by Gasteiger charge is 2.41. The fourth-order valence-corrected chi connectivity index (χ4v) is 4.46. The molecule has 3 saturated heterocycles. The molecule has 3 nitrogen and oxygen atoms in total. The summed E-state index contributed by atoms with van der Waals surface area (Å²) in [4.78, 5) is 4.77. The average molecular weight is 313 g/mol. The van der Waals surface area contributed by atoms with Crippen molar-refractivity contribution in [1.29, 1.82) is 0 Å². The van der Waals surface area contributed by atoms with Gasteiger partial charge in [-0.05, 0) is 39.0 Å². The molecular formula is C19H30BN2O. The molecule has 4 heteroatoms. The Labute approximate surface area is 141 Å². The van der Waals surface area contributed by atoms with Crippen LogP contribution < -0.4 is 0 Å². The minimum atomic E-state index is 0.388. The zero-order valence-electron chi connectivity index (χ0n) is 14.7. The van der Waals surface area contributed by atoms with E-state index >= 15 is 0 Å². The molecule has 0 N–H and O–H groups in total. The van der Waals surface area contributed by atoms with Crippen molar-refractivity contribution in [2.24, 2.45) is 10.9 Å². The number of quaternary nitrogens is 1. The van der Waals surface area contributed by atoms with Crippen LogP contribution in [0.3, 0.4) is 0 Å². The molecule has 125 valence electrons. The van der Waals surface area contributed by atoms with Crippen molar-refractivity contribution in [2.45, 2.75) is 39.4 Å². The molecule has 2 bridgehead atoms. The van der Waals surface area contributed by atoms with E-state index in [0.29, 0.717) is 13.5 Å². The molecule has 4 rings (SSSR count). The maximum absolute atomic E-state index is 6.05. The number of hydrogen-bond donors (Lipinski definition) is 0. The van der Waals surface area contributed by atoms with Crippen LogP contribution in [0.1, 0.15) is 38.7 Å². The number of benzene rings is 1. The van der Waals surface area contributed by atoms with Crippen LogP contribution in [0.4, 0.5) is 0 Å². The van der Waals surface area contributed by atoms with Crippen molar-refractivity contribution in [3.05, 3.63) is 35.9 Å². The second-order valence-corrected chi connectivity index (χ2v) is 7.07. The van der Waals surface area contributed by atoms with Crippen molar-refractivity contribution in [3.63, 3.8) is 0 Å². The molecular weight excluding hydrogens is 283 g/mol. The topological polar surface area (TPSA) is 21.6 Å². The predicted octanol–water partition coefficient (Wildman–Crippen LogP) is 3.38. The van der Waals surface area contributed by atoms with Gasteiger partial charge in [-0.15, -0.1) is 6.32 Å². The largest absolute Gasteiger partial charge is 0.529 e. The van der Waals surface area contributed by atoms with Crippen LogP contribution in [0.25, 0.3) is 0 Å². The van der Waals surface area contributed by atoms with E-state index in [9.17, 15) is 0 Å².